The fourth-order valence-corrected chi connectivity index (χ4v) is 2.08. The Balaban J connectivity index is 2.18. The second kappa shape index (κ2) is 4.10. The highest BCUT2D eigenvalue weighted by atomic mass is 35.5. The second-order valence-corrected chi connectivity index (χ2v) is 4.88. The molecule has 0 aliphatic heterocycles. The number of halogens is 1. The van der Waals surface area contributed by atoms with Crippen LogP contribution in [0.5, 0.6) is 0 Å². The summed E-state index contributed by atoms with van der Waals surface area (Å²) in [6.07, 6.45) is 1.99. The minimum atomic E-state index is -0.130. The molecule has 1 amide bonds. The Morgan fingerprint density at radius 2 is 2.12 bits per heavy atom. The molecule has 1 N–H and O–H groups in total. The number of benzene rings is 1. The van der Waals surface area contributed by atoms with Crippen molar-refractivity contribution in [3.8, 4) is 0 Å². The predicted octanol–water partition coefficient (Wildman–Crippen LogP) is 2.80. The standard InChI is InChI=1S/C13H16ClNO/c1-9-4-3-5-11(10(9)2)12(16)15-13(8-14)6-7-13/h3-5H,6-8H2,1-2H3,(H,15,16). The Hall–Kier alpha value is -1.02. The lowest BCUT2D eigenvalue weighted by molar-refractivity contribution is 0.0935. The minimum absolute atomic E-state index is 0.000602. The van der Waals surface area contributed by atoms with E-state index < -0.39 is 0 Å². The molecule has 0 spiro atoms. The van der Waals surface area contributed by atoms with Gasteiger partial charge in [0.05, 0.1) is 5.54 Å². The summed E-state index contributed by atoms with van der Waals surface area (Å²) in [5.41, 5.74) is 2.82. The molecule has 0 bridgehead atoms. The van der Waals surface area contributed by atoms with Gasteiger partial charge >= 0.3 is 0 Å². The fraction of sp³-hybridized carbons (Fsp3) is 0.462. The van der Waals surface area contributed by atoms with Gasteiger partial charge in [-0.3, -0.25) is 4.79 Å². The molecule has 3 heteroatoms. The maximum absolute atomic E-state index is 12.1. The highest BCUT2D eigenvalue weighted by molar-refractivity contribution is 6.19. The molecule has 1 aromatic rings. The summed E-state index contributed by atoms with van der Waals surface area (Å²) in [5.74, 6) is 0.503. The van der Waals surface area contributed by atoms with Crippen LogP contribution in [0.2, 0.25) is 0 Å². The first-order valence-electron chi connectivity index (χ1n) is 5.53. The molecule has 1 aromatic carbocycles. The van der Waals surface area contributed by atoms with Crippen molar-refractivity contribution in [1.29, 1.82) is 0 Å². The third-order valence-electron chi connectivity index (χ3n) is 3.34. The molecule has 0 radical (unpaired) electrons. The van der Waals surface area contributed by atoms with Crippen molar-refractivity contribution in [2.75, 3.05) is 5.88 Å². The highest BCUT2D eigenvalue weighted by Crippen LogP contribution is 2.36. The smallest absolute Gasteiger partial charge is 0.252 e. The molecule has 0 saturated heterocycles. The summed E-state index contributed by atoms with van der Waals surface area (Å²) in [7, 11) is 0. The van der Waals surface area contributed by atoms with Crippen LogP contribution in [-0.4, -0.2) is 17.3 Å². The van der Waals surface area contributed by atoms with Gasteiger partial charge in [0.25, 0.3) is 5.91 Å². The van der Waals surface area contributed by atoms with E-state index in [-0.39, 0.29) is 11.4 Å². The van der Waals surface area contributed by atoms with Crippen LogP contribution in [0.1, 0.15) is 34.3 Å². The number of hydrogen-bond acceptors (Lipinski definition) is 1. The normalized spacial score (nSPS) is 16.9. The molecule has 0 atom stereocenters. The number of nitrogens with one attached hydrogen (secondary N) is 1. The monoisotopic (exact) mass is 237 g/mol. The minimum Gasteiger partial charge on any atom is -0.345 e. The number of hydrogen-bond donors (Lipinski definition) is 1. The Morgan fingerprint density at radius 3 is 2.69 bits per heavy atom. The van der Waals surface area contributed by atoms with Crippen molar-refractivity contribution < 1.29 is 4.79 Å². The van der Waals surface area contributed by atoms with Gasteiger partial charge in [0.15, 0.2) is 0 Å². The first-order valence-corrected chi connectivity index (χ1v) is 6.06. The quantitative estimate of drug-likeness (QED) is 0.805. The molecule has 0 aromatic heterocycles. The van der Waals surface area contributed by atoms with E-state index in [0.717, 1.165) is 29.5 Å². The third kappa shape index (κ3) is 2.07. The number of carbonyl (C=O) groups excluding carboxylic acids is 1. The van der Waals surface area contributed by atoms with Crippen molar-refractivity contribution in [1.82, 2.24) is 5.32 Å². The molecule has 1 aliphatic rings. The van der Waals surface area contributed by atoms with E-state index in [4.69, 9.17) is 11.6 Å². The summed E-state index contributed by atoms with van der Waals surface area (Å²) in [4.78, 5) is 12.1. The van der Waals surface area contributed by atoms with Crippen LogP contribution >= 0.6 is 11.6 Å². The molecule has 16 heavy (non-hydrogen) atoms. The van der Waals surface area contributed by atoms with Gasteiger partial charge in [-0.1, -0.05) is 12.1 Å². The van der Waals surface area contributed by atoms with Gasteiger partial charge in [0.1, 0.15) is 0 Å². The topological polar surface area (TPSA) is 29.1 Å². The first kappa shape index (κ1) is 11.5. The molecule has 2 rings (SSSR count). The van der Waals surface area contributed by atoms with Gasteiger partial charge in [-0.05, 0) is 43.9 Å². The average molecular weight is 238 g/mol. The van der Waals surface area contributed by atoms with Crippen LogP contribution in [0.25, 0.3) is 0 Å². The van der Waals surface area contributed by atoms with Crippen LogP contribution in [0.15, 0.2) is 18.2 Å². The van der Waals surface area contributed by atoms with Crippen molar-refractivity contribution in [2.24, 2.45) is 0 Å². The van der Waals surface area contributed by atoms with Gasteiger partial charge in [-0.2, -0.15) is 0 Å². The van der Waals surface area contributed by atoms with Crippen LogP contribution in [0.4, 0.5) is 0 Å². The van der Waals surface area contributed by atoms with Crippen LogP contribution in [0, 0.1) is 13.8 Å². The fourth-order valence-electron chi connectivity index (χ4n) is 1.75. The molecule has 0 heterocycles. The largest absolute Gasteiger partial charge is 0.345 e. The molecular formula is C13H16ClNO. The molecule has 0 unspecified atom stereocenters. The summed E-state index contributed by atoms with van der Waals surface area (Å²) in [6, 6.07) is 5.79. The molecule has 1 aliphatic carbocycles. The van der Waals surface area contributed by atoms with Gasteiger partial charge in [0, 0.05) is 11.4 Å². The Morgan fingerprint density at radius 1 is 1.44 bits per heavy atom. The van der Waals surface area contributed by atoms with E-state index in [1.165, 1.54) is 0 Å². The second-order valence-electron chi connectivity index (χ2n) is 4.62. The van der Waals surface area contributed by atoms with E-state index in [1.807, 2.05) is 32.0 Å². The van der Waals surface area contributed by atoms with Gasteiger partial charge < -0.3 is 5.32 Å². The zero-order chi connectivity index (χ0) is 11.8. The van der Waals surface area contributed by atoms with E-state index in [9.17, 15) is 4.79 Å². The summed E-state index contributed by atoms with van der Waals surface area (Å²) < 4.78 is 0. The summed E-state index contributed by atoms with van der Waals surface area (Å²) in [5, 5.41) is 3.03. The van der Waals surface area contributed by atoms with E-state index in [1.54, 1.807) is 0 Å². The maximum atomic E-state index is 12.1. The summed E-state index contributed by atoms with van der Waals surface area (Å²) in [6.45, 7) is 3.99. The number of alkyl halides is 1. The van der Waals surface area contributed by atoms with Gasteiger partial charge in [-0.15, -0.1) is 11.6 Å². The van der Waals surface area contributed by atoms with Gasteiger partial charge in [0.2, 0.25) is 0 Å². The number of carbonyl (C=O) groups is 1. The van der Waals surface area contributed by atoms with Crippen LogP contribution in [0.3, 0.4) is 0 Å². The zero-order valence-electron chi connectivity index (χ0n) is 9.64. The van der Waals surface area contributed by atoms with Crippen molar-refractivity contribution in [2.45, 2.75) is 32.2 Å². The lowest BCUT2D eigenvalue weighted by Crippen LogP contribution is -2.38. The molecular weight excluding hydrogens is 222 g/mol. The number of rotatable bonds is 3. The zero-order valence-corrected chi connectivity index (χ0v) is 10.4. The Kier molecular flexibility index (Phi) is 2.94. The molecule has 1 fully saturated rings. The first-order chi connectivity index (χ1) is 7.58. The molecule has 2 nitrogen and oxygen atoms in total. The number of amides is 1. The molecule has 1 saturated carbocycles. The predicted molar refractivity (Wildman–Crippen MR) is 66.1 cm³/mol. The lowest BCUT2D eigenvalue weighted by Gasteiger charge is -2.15. The van der Waals surface area contributed by atoms with Crippen molar-refractivity contribution in [3.63, 3.8) is 0 Å². The summed E-state index contributed by atoms with van der Waals surface area (Å²) >= 11 is 5.84. The lowest BCUT2D eigenvalue weighted by atomic mass is 10.0. The SMILES string of the molecule is Cc1cccc(C(=O)NC2(CCl)CC2)c1C. The maximum Gasteiger partial charge on any atom is 0.252 e. The third-order valence-corrected chi connectivity index (χ3v) is 3.85. The van der Waals surface area contributed by atoms with Crippen LogP contribution in [-0.2, 0) is 0 Å². The van der Waals surface area contributed by atoms with Crippen molar-refractivity contribution in [3.05, 3.63) is 34.9 Å². The van der Waals surface area contributed by atoms with Crippen molar-refractivity contribution >= 4 is 17.5 Å². The van der Waals surface area contributed by atoms with E-state index >= 15 is 0 Å². The number of aryl methyl sites for hydroxylation is 1. The Bertz CT molecular complexity index is 424. The average Bonchev–Trinajstić information content (AvgIpc) is 3.02. The molecule has 86 valence electrons. The highest BCUT2D eigenvalue weighted by Gasteiger charge is 2.43. The van der Waals surface area contributed by atoms with E-state index in [2.05, 4.69) is 5.32 Å². The van der Waals surface area contributed by atoms with E-state index in [0.29, 0.717) is 5.88 Å². The van der Waals surface area contributed by atoms with Crippen LogP contribution < -0.4 is 5.32 Å². The Labute approximate surface area is 101 Å². The van der Waals surface area contributed by atoms with Gasteiger partial charge in [-0.25, -0.2) is 0 Å².